The van der Waals surface area contributed by atoms with E-state index in [4.69, 9.17) is 0 Å². The van der Waals surface area contributed by atoms with Crippen LogP contribution >= 0.6 is 0 Å². The minimum absolute atomic E-state index is 0.124. The van der Waals surface area contributed by atoms with Crippen LogP contribution in [0, 0.1) is 0 Å². The van der Waals surface area contributed by atoms with Gasteiger partial charge in [-0.2, -0.15) is 0 Å². The second-order valence-electron chi connectivity index (χ2n) is 3.89. The van der Waals surface area contributed by atoms with E-state index in [1.807, 2.05) is 4.90 Å². The summed E-state index contributed by atoms with van der Waals surface area (Å²) in [5.41, 5.74) is 0. The molecule has 2 N–H and O–H groups in total. The largest absolute Gasteiger partial charge is 0.391 e. The summed E-state index contributed by atoms with van der Waals surface area (Å²) < 4.78 is 0. The summed E-state index contributed by atoms with van der Waals surface area (Å²) in [7, 11) is 0. The molecule has 2 fully saturated rings. The standard InChI is InChI=1S/C9H16N2O2/c12-8-5-9(13)11(6-8)7-1-3-10-4-2-7/h7-8,10,12H,1-6H2/t8-/m1/s1. The summed E-state index contributed by atoms with van der Waals surface area (Å²) in [6.45, 7) is 2.53. The van der Waals surface area contributed by atoms with Crippen LogP contribution < -0.4 is 5.32 Å². The predicted octanol–water partition coefficient (Wildman–Crippen LogP) is -0.668. The maximum atomic E-state index is 11.4. The van der Waals surface area contributed by atoms with Gasteiger partial charge < -0.3 is 15.3 Å². The number of nitrogens with one attached hydrogen (secondary N) is 1. The van der Waals surface area contributed by atoms with Crippen molar-refractivity contribution in [2.75, 3.05) is 19.6 Å². The highest BCUT2D eigenvalue weighted by atomic mass is 16.3. The molecule has 0 unspecified atom stereocenters. The fraction of sp³-hybridized carbons (Fsp3) is 0.889. The molecule has 2 aliphatic heterocycles. The van der Waals surface area contributed by atoms with Gasteiger partial charge in [-0.05, 0) is 25.9 Å². The van der Waals surface area contributed by atoms with Crippen LogP contribution in [0.1, 0.15) is 19.3 Å². The Kier molecular flexibility index (Phi) is 2.51. The Morgan fingerprint density at radius 1 is 1.38 bits per heavy atom. The molecule has 2 rings (SSSR count). The summed E-state index contributed by atoms with van der Waals surface area (Å²) in [4.78, 5) is 13.3. The van der Waals surface area contributed by atoms with Crippen molar-refractivity contribution in [3.8, 4) is 0 Å². The van der Waals surface area contributed by atoms with Gasteiger partial charge in [0.2, 0.25) is 5.91 Å². The number of rotatable bonds is 1. The van der Waals surface area contributed by atoms with Crippen LogP contribution in [0.4, 0.5) is 0 Å². The van der Waals surface area contributed by atoms with Gasteiger partial charge in [-0.25, -0.2) is 0 Å². The highest BCUT2D eigenvalue weighted by Crippen LogP contribution is 2.19. The Balaban J connectivity index is 1.95. The van der Waals surface area contributed by atoms with Gasteiger partial charge in [0.25, 0.3) is 0 Å². The van der Waals surface area contributed by atoms with Crippen molar-refractivity contribution in [3.63, 3.8) is 0 Å². The number of aliphatic hydroxyl groups excluding tert-OH is 1. The lowest BCUT2D eigenvalue weighted by Gasteiger charge is -2.31. The lowest BCUT2D eigenvalue weighted by Crippen LogP contribution is -2.44. The van der Waals surface area contributed by atoms with Crippen LogP contribution in [0.3, 0.4) is 0 Å². The third-order valence-corrected chi connectivity index (χ3v) is 2.89. The van der Waals surface area contributed by atoms with E-state index < -0.39 is 6.10 Å². The van der Waals surface area contributed by atoms with E-state index >= 15 is 0 Å². The van der Waals surface area contributed by atoms with Crippen LogP contribution in [0.2, 0.25) is 0 Å². The molecule has 2 saturated heterocycles. The number of hydrogen-bond acceptors (Lipinski definition) is 3. The third-order valence-electron chi connectivity index (χ3n) is 2.89. The number of hydrogen-bond donors (Lipinski definition) is 2. The number of aliphatic hydroxyl groups is 1. The Hall–Kier alpha value is -0.610. The van der Waals surface area contributed by atoms with E-state index in [9.17, 15) is 9.90 Å². The van der Waals surface area contributed by atoms with Gasteiger partial charge in [-0.3, -0.25) is 4.79 Å². The smallest absolute Gasteiger partial charge is 0.225 e. The van der Waals surface area contributed by atoms with Gasteiger partial charge in [-0.15, -0.1) is 0 Å². The van der Waals surface area contributed by atoms with Crippen LogP contribution in [-0.4, -0.2) is 47.7 Å². The van der Waals surface area contributed by atoms with E-state index in [2.05, 4.69) is 5.32 Å². The molecule has 13 heavy (non-hydrogen) atoms. The Morgan fingerprint density at radius 3 is 2.62 bits per heavy atom. The van der Waals surface area contributed by atoms with E-state index in [1.54, 1.807) is 0 Å². The first-order valence-corrected chi connectivity index (χ1v) is 4.95. The van der Waals surface area contributed by atoms with Crippen molar-refractivity contribution >= 4 is 5.91 Å². The molecule has 0 aliphatic carbocycles. The summed E-state index contributed by atoms with van der Waals surface area (Å²) in [6.07, 6.45) is 1.95. The molecule has 74 valence electrons. The summed E-state index contributed by atoms with van der Waals surface area (Å²) in [6, 6.07) is 0.367. The van der Waals surface area contributed by atoms with Gasteiger partial charge in [0, 0.05) is 12.6 Å². The number of nitrogens with zero attached hydrogens (tertiary/aromatic N) is 1. The molecule has 0 radical (unpaired) electrons. The number of likely N-dealkylation sites (tertiary alicyclic amines) is 1. The molecular weight excluding hydrogens is 168 g/mol. The molecule has 1 atom stereocenters. The SMILES string of the molecule is O=C1C[C@@H](O)CN1C1CCNCC1. The van der Waals surface area contributed by atoms with Crippen LogP contribution in [0.5, 0.6) is 0 Å². The van der Waals surface area contributed by atoms with Crippen molar-refractivity contribution < 1.29 is 9.90 Å². The minimum Gasteiger partial charge on any atom is -0.391 e. The fourth-order valence-electron chi connectivity index (χ4n) is 2.18. The van der Waals surface area contributed by atoms with Gasteiger partial charge in [0.05, 0.1) is 12.5 Å². The van der Waals surface area contributed by atoms with E-state index in [0.29, 0.717) is 19.0 Å². The molecule has 4 heteroatoms. The molecule has 4 nitrogen and oxygen atoms in total. The normalized spacial score (nSPS) is 31.3. The molecule has 0 saturated carbocycles. The highest BCUT2D eigenvalue weighted by Gasteiger charge is 2.33. The first-order chi connectivity index (χ1) is 6.27. The van der Waals surface area contributed by atoms with Crippen molar-refractivity contribution in [1.82, 2.24) is 10.2 Å². The zero-order valence-electron chi connectivity index (χ0n) is 7.70. The zero-order chi connectivity index (χ0) is 9.26. The molecule has 0 bridgehead atoms. The summed E-state index contributed by atoms with van der Waals surface area (Å²) in [5.74, 6) is 0.124. The average Bonchev–Trinajstić information content (AvgIpc) is 2.47. The summed E-state index contributed by atoms with van der Waals surface area (Å²) in [5, 5.41) is 12.6. The lowest BCUT2D eigenvalue weighted by molar-refractivity contribution is -0.130. The topological polar surface area (TPSA) is 52.6 Å². The fourth-order valence-corrected chi connectivity index (χ4v) is 2.18. The quantitative estimate of drug-likeness (QED) is 0.568. The summed E-state index contributed by atoms with van der Waals surface area (Å²) >= 11 is 0. The number of amides is 1. The maximum absolute atomic E-state index is 11.4. The minimum atomic E-state index is -0.428. The van der Waals surface area contributed by atoms with E-state index in [0.717, 1.165) is 25.9 Å². The first kappa shape index (κ1) is 8.97. The molecule has 0 aromatic heterocycles. The molecule has 0 aromatic carbocycles. The Morgan fingerprint density at radius 2 is 2.08 bits per heavy atom. The monoisotopic (exact) mass is 184 g/mol. The van der Waals surface area contributed by atoms with Crippen molar-refractivity contribution in [2.24, 2.45) is 0 Å². The second kappa shape index (κ2) is 3.64. The number of β-amino-alcohol motifs (C(OH)–C–C–N with tert-alkyl or cyclic N) is 1. The van der Waals surface area contributed by atoms with Crippen molar-refractivity contribution in [1.29, 1.82) is 0 Å². The van der Waals surface area contributed by atoms with Gasteiger partial charge >= 0.3 is 0 Å². The highest BCUT2D eigenvalue weighted by molar-refractivity contribution is 5.79. The lowest BCUT2D eigenvalue weighted by atomic mass is 10.1. The maximum Gasteiger partial charge on any atom is 0.225 e. The van der Waals surface area contributed by atoms with Crippen LogP contribution in [0.15, 0.2) is 0 Å². The molecule has 2 heterocycles. The zero-order valence-corrected chi connectivity index (χ0v) is 7.70. The molecule has 1 amide bonds. The van der Waals surface area contributed by atoms with E-state index in [-0.39, 0.29) is 5.91 Å². The molecular formula is C9H16N2O2. The van der Waals surface area contributed by atoms with E-state index in [1.165, 1.54) is 0 Å². The first-order valence-electron chi connectivity index (χ1n) is 4.95. The predicted molar refractivity (Wildman–Crippen MR) is 48.2 cm³/mol. The Labute approximate surface area is 77.9 Å². The molecule has 2 aliphatic rings. The molecule has 0 spiro atoms. The van der Waals surface area contributed by atoms with Crippen LogP contribution in [-0.2, 0) is 4.79 Å². The van der Waals surface area contributed by atoms with Crippen molar-refractivity contribution in [3.05, 3.63) is 0 Å². The van der Waals surface area contributed by atoms with Crippen molar-refractivity contribution in [2.45, 2.75) is 31.4 Å². The van der Waals surface area contributed by atoms with Gasteiger partial charge in [0.15, 0.2) is 0 Å². The number of piperidine rings is 1. The molecule has 0 aromatic rings. The number of carbonyl (C=O) groups is 1. The van der Waals surface area contributed by atoms with Gasteiger partial charge in [-0.1, -0.05) is 0 Å². The van der Waals surface area contributed by atoms with Crippen LogP contribution in [0.25, 0.3) is 0 Å². The van der Waals surface area contributed by atoms with Gasteiger partial charge in [0.1, 0.15) is 0 Å². The number of carbonyl (C=O) groups excluding carboxylic acids is 1. The third kappa shape index (κ3) is 1.84. The average molecular weight is 184 g/mol. The second-order valence-corrected chi connectivity index (χ2v) is 3.89. The Bertz CT molecular complexity index is 202.